The maximum absolute atomic E-state index is 8.65. The quantitative estimate of drug-likeness (QED) is 0.569. The zero-order valence-electron chi connectivity index (χ0n) is 5.92. The molecule has 0 aromatic carbocycles. The van der Waals surface area contributed by atoms with Gasteiger partial charge in [-0.2, -0.15) is 17.0 Å². The van der Waals surface area contributed by atoms with Crippen LogP contribution < -0.4 is 5.73 Å². The Morgan fingerprint density at radius 3 is 2.80 bits per heavy atom. The van der Waals surface area contributed by atoms with Crippen LogP contribution in [0.5, 0.6) is 0 Å². The summed E-state index contributed by atoms with van der Waals surface area (Å²) in [6.07, 6.45) is 1.98. The molecule has 0 aromatic heterocycles. The Balaban J connectivity index is 2.45. The van der Waals surface area contributed by atoms with Crippen molar-refractivity contribution in [2.75, 3.05) is 11.5 Å². The van der Waals surface area contributed by atoms with Gasteiger partial charge in [-0.25, -0.2) is 0 Å². The molecule has 0 radical (unpaired) electrons. The number of thioether (sulfide) groups is 1. The topological polar surface area (TPSA) is 49.8 Å². The van der Waals surface area contributed by atoms with E-state index in [0.717, 1.165) is 24.3 Å². The molecule has 2 nitrogen and oxygen atoms in total. The molecule has 0 amide bonds. The van der Waals surface area contributed by atoms with Crippen LogP contribution in [0.15, 0.2) is 0 Å². The van der Waals surface area contributed by atoms with Gasteiger partial charge in [0.1, 0.15) is 0 Å². The second kappa shape index (κ2) is 3.85. The van der Waals surface area contributed by atoms with Gasteiger partial charge in [-0.15, -0.1) is 0 Å². The first-order chi connectivity index (χ1) is 4.84. The van der Waals surface area contributed by atoms with E-state index in [-0.39, 0.29) is 12.0 Å². The summed E-state index contributed by atoms with van der Waals surface area (Å²) in [5.41, 5.74) is 5.75. The SMILES string of the molecule is N#CC1CCSCCC1N. The average Bonchev–Trinajstić information content (AvgIpc) is 2.13. The number of rotatable bonds is 0. The third-order valence-electron chi connectivity index (χ3n) is 1.85. The highest BCUT2D eigenvalue weighted by Crippen LogP contribution is 2.20. The van der Waals surface area contributed by atoms with E-state index in [9.17, 15) is 0 Å². The van der Waals surface area contributed by atoms with Gasteiger partial charge in [-0.05, 0) is 24.3 Å². The Morgan fingerprint density at radius 1 is 1.40 bits per heavy atom. The highest BCUT2D eigenvalue weighted by Gasteiger charge is 2.19. The molecule has 56 valence electrons. The molecule has 2 unspecified atom stereocenters. The lowest BCUT2D eigenvalue weighted by atomic mass is 9.98. The van der Waals surface area contributed by atoms with E-state index in [4.69, 9.17) is 11.0 Å². The van der Waals surface area contributed by atoms with Crippen LogP contribution in [0.2, 0.25) is 0 Å². The van der Waals surface area contributed by atoms with Crippen molar-refractivity contribution in [1.82, 2.24) is 0 Å². The molecular weight excluding hydrogens is 144 g/mol. The van der Waals surface area contributed by atoms with Crippen LogP contribution in [-0.4, -0.2) is 17.5 Å². The van der Waals surface area contributed by atoms with Gasteiger partial charge in [0.05, 0.1) is 12.0 Å². The smallest absolute Gasteiger partial charge is 0.0672 e. The molecule has 1 rings (SSSR count). The van der Waals surface area contributed by atoms with Gasteiger partial charge in [-0.3, -0.25) is 0 Å². The van der Waals surface area contributed by atoms with E-state index in [1.807, 2.05) is 11.8 Å². The van der Waals surface area contributed by atoms with Gasteiger partial charge in [-0.1, -0.05) is 0 Å². The lowest BCUT2D eigenvalue weighted by Gasteiger charge is -2.11. The van der Waals surface area contributed by atoms with Crippen LogP contribution in [0.25, 0.3) is 0 Å². The van der Waals surface area contributed by atoms with Gasteiger partial charge >= 0.3 is 0 Å². The Morgan fingerprint density at radius 2 is 2.10 bits per heavy atom. The zero-order chi connectivity index (χ0) is 7.40. The van der Waals surface area contributed by atoms with E-state index in [1.54, 1.807) is 0 Å². The molecular formula is C7H12N2S. The summed E-state index contributed by atoms with van der Waals surface area (Å²) < 4.78 is 0. The average molecular weight is 156 g/mol. The summed E-state index contributed by atoms with van der Waals surface area (Å²) in [6, 6.07) is 2.38. The van der Waals surface area contributed by atoms with E-state index in [2.05, 4.69) is 6.07 Å². The maximum Gasteiger partial charge on any atom is 0.0672 e. The highest BCUT2D eigenvalue weighted by atomic mass is 32.2. The number of nitriles is 1. The number of nitrogens with zero attached hydrogens (tertiary/aromatic N) is 1. The molecule has 3 heteroatoms. The van der Waals surface area contributed by atoms with Gasteiger partial charge in [0.2, 0.25) is 0 Å². The molecule has 2 atom stereocenters. The summed E-state index contributed by atoms with van der Waals surface area (Å²) in [6.45, 7) is 0. The Hall–Kier alpha value is -0.200. The molecule has 1 aliphatic rings. The Labute approximate surface area is 65.8 Å². The molecule has 0 spiro atoms. The second-order valence-corrected chi connectivity index (χ2v) is 3.81. The second-order valence-electron chi connectivity index (χ2n) is 2.59. The lowest BCUT2D eigenvalue weighted by Crippen LogP contribution is -2.28. The Bertz CT molecular complexity index is 141. The van der Waals surface area contributed by atoms with Gasteiger partial charge in [0, 0.05) is 6.04 Å². The van der Waals surface area contributed by atoms with Gasteiger partial charge in [0.15, 0.2) is 0 Å². The van der Waals surface area contributed by atoms with Crippen molar-refractivity contribution in [2.24, 2.45) is 11.7 Å². The van der Waals surface area contributed by atoms with Crippen molar-refractivity contribution in [2.45, 2.75) is 18.9 Å². The molecule has 0 aromatic rings. The van der Waals surface area contributed by atoms with Crippen molar-refractivity contribution >= 4 is 11.8 Å². The standard InChI is InChI=1S/C7H12N2S/c8-5-6-1-3-10-4-2-7(6)9/h6-7H,1-4,9H2. The monoisotopic (exact) mass is 156 g/mol. The van der Waals surface area contributed by atoms with Crippen molar-refractivity contribution in [1.29, 1.82) is 5.26 Å². The van der Waals surface area contributed by atoms with E-state index in [0.29, 0.717) is 0 Å². The first kappa shape index (κ1) is 7.90. The van der Waals surface area contributed by atoms with Crippen LogP contribution in [0.1, 0.15) is 12.8 Å². The molecule has 0 bridgehead atoms. The molecule has 10 heavy (non-hydrogen) atoms. The van der Waals surface area contributed by atoms with Crippen molar-refractivity contribution < 1.29 is 0 Å². The minimum absolute atomic E-state index is 0.106. The fraction of sp³-hybridized carbons (Fsp3) is 0.857. The number of hydrogen-bond donors (Lipinski definition) is 1. The molecule has 2 N–H and O–H groups in total. The third kappa shape index (κ3) is 1.89. The number of nitrogens with two attached hydrogens (primary N) is 1. The normalized spacial score (nSPS) is 34.4. The summed E-state index contributed by atoms with van der Waals surface area (Å²) in [5.74, 6) is 2.33. The minimum atomic E-state index is 0.106. The predicted molar refractivity (Wildman–Crippen MR) is 43.6 cm³/mol. The fourth-order valence-electron chi connectivity index (χ4n) is 1.11. The van der Waals surface area contributed by atoms with Crippen LogP contribution in [0, 0.1) is 17.2 Å². The summed E-state index contributed by atoms with van der Waals surface area (Å²) in [7, 11) is 0. The Kier molecular flexibility index (Phi) is 3.04. The molecule has 0 aliphatic carbocycles. The zero-order valence-corrected chi connectivity index (χ0v) is 6.73. The lowest BCUT2D eigenvalue weighted by molar-refractivity contribution is 0.499. The molecule has 1 aliphatic heterocycles. The third-order valence-corrected chi connectivity index (χ3v) is 2.90. The van der Waals surface area contributed by atoms with Crippen LogP contribution in [0.4, 0.5) is 0 Å². The summed E-state index contributed by atoms with van der Waals surface area (Å²) in [5, 5.41) is 8.65. The van der Waals surface area contributed by atoms with E-state index < -0.39 is 0 Å². The first-order valence-corrected chi connectivity index (χ1v) is 4.73. The van der Waals surface area contributed by atoms with Crippen LogP contribution in [0.3, 0.4) is 0 Å². The van der Waals surface area contributed by atoms with Crippen LogP contribution >= 0.6 is 11.8 Å². The molecule has 1 saturated heterocycles. The largest absolute Gasteiger partial charge is 0.326 e. The molecule has 0 saturated carbocycles. The summed E-state index contributed by atoms with van der Waals surface area (Å²) >= 11 is 1.91. The van der Waals surface area contributed by atoms with Gasteiger partial charge in [0.25, 0.3) is 0 Å². The number of hydrogen-bond acceptors (Lipinski definition) is 3. The summed E-state index contributed by atoms with van der Waals surface area (Å²) in [4.78, 5) is 0. The van der Waals surface area contributed by atoms with Crippen molar-refractivity contribution in [3.63, 3.8) is 0 Å². The highest BCUT2D eigenvalue weighted by molar-refractivity contribution is 7.99. The van der Waals surface area contributed by atoms with Crippen molar-refractivity contribution in [3.8, 4) is 6.07 Å². The maximum atomic E-state index is 8.65. The van der Waals surface area contributed by atoms with Crippen LogP contribution in [-0.2, 0) is 0 Å². The van der Waals surface area contributed by atoms with E-state index >= 15 is 0 Å². The minimum Gasteiger partial charge on any atom is -0.326 e. The van der Waals surface area contributed by atoms with E-state index in [1.165, 1.54) is 0 Å². The molecule has 1 heterocycles. The van der Waals surface area contributed by atoms with Crippen molar-refractivity contribution in [3.05, 3.63) is 0 Å². The first-order valence-electron chi connectivity index (χ1n) is 3.57. The van der Waals surface area contributed by atoms with Gasteiger partial charge < -0.3 is 5.73 Å². The fourth-order valence-corrected chi connectivity index (χ4v) is 2.17. The molecule has 1 fully saturated rings. The predicted octanol–water partition coefficient (Wildman–Crippen LogP) is 0.980.